The van der Waals surface area contributed by atoms with Crippen LogP contribution in [0.4, 0.5) is 5.69 Å². The molecule has 7 heteroatoms. The Morgan fingerprint density at radius 3 is 2.62 bits per heavy atom. The highest BCUT2D eigenvalue weighted by atomic mass is 16.2. The summed E-state index contributed by atoms with van der Waals surface area (Å²) in [6.45, 7) is 1.67. The zero-order valence-electron chi connectivity index (χ0n) is 11.6. The number of nitrogens with one attached hydrogen (secondary N) is 2. The topological polar surface area (TPSA) is 114 Å². The molecule has 0 aromatic heterocycles. The second kappa shape index (κ2) is 6.17. The van der Waals surface area contributed by atoms with Gasteiger partial charge in [-0.05, 0) is 37.5 Å². The minimum Gasteiger partial charge on any atom is -0.361 e. The van der Waals surface area contributed by atoms with Gasteiger partial charge in [-0.1, -0.05) is 12.1 Å². The molecule has 2 rings (SSSR count). The number of benzene rings is 1. The number of nitrogens with two attached hydrogens (primary N) is 1. The SMILES string of the molecule is C/C(=N\NC(=O)C(N)=O)c1cccc(NC(=O)C2CC2)c1. The van der Waals surface area contributed by atoms with Crippen molar-refractivity contribution in [3.63, 3.8) is 0 Å². The van der Waals surface area contributed by atoms with Gasteiger partial charge in [0.05, 0.1) is 5.71 Å². The molecule has 1 aromatic rings. The first-order valence-corrected chi connectivity index (χ1v) is 6.52. The van der Waals surface area contributed by atoms with Crippen molar-refractivity contribution in [1.82, 2.24) is 5.43 Å². The Labute approximate surface area is 121 Å². The average Bonchev–Trinajstić information content (AvgIpc) is 3.29. The van der Waals surface area contributed by atoms with Crippen LogP contribution in [0.2, 0.25) is 0 Å². The number of nitrogens with zero attached hydrogens (tertiary/aromatic N) is 1. The van der Waals surface area contributed by atoms with E-state index < -0.39 is 11.8 Å². The van der Waals surface area contributed by atoms with Crippen molar-refractivity contribution < 1.29 is 14.4 Å². The average molecular weight is 288 g/mol. The second-order valence-corrected chi connectivity index (χ2v) is 4.85. The Morgan fingerprint density at radius 2 is 2.00 bits per heavy atom. The molecule has 1 saturated carbocycles. The van der Waals surface area contributed by atoms with Crippen LogP contribution in [0.3, 0.4) is 0 Å². The van der Waals surface area contributed by atoms with Gasteiger partial charge < -0.3 is 11.1 Å². The predicted molar refractivity (Wildman–Crippen MR) is 77.3 cm³/mol. The number of anilines is 1. The first-order chi connectivity index (χ1) is 9.97. The van der Waals surface area contributed by atoms with E-state index in [0.29, 0.717) is 17.0 Å². The first kappa shape index (κ1) is 14.7. The van der Waals surface area contributed by atoms with Crippen LogP contribution >= 0.6 is 0 Å². The molecule has 21 heavy (non-hydrogen) atoms. The summed E-state index contributed by atoms with van der Waals surface area (Å²) in [6, 6.07) is 7.07. The molecule has 7 nitrogen and oxygen atoms in total. The first-order valence-electron chi connectivity index (χ1n) is 6.52. The van der Waals surface area contributed by atoms with Crippen LogP contribution in [0.25, 0.3) is 0 Å². The molecule has 1 aliphatic rings. The lowest BCUT2D eigenvalue weighted by molar-refractivity contribution is -0.137. The number of carbonyl (C=O) groups excluding carboxylic acids is 3. The van der Waals surface area contributed by atoms with Crippen LogP contribution < -0.4 is 16.5 Å². The highest BCUT2D eigenvalue weighted by molar-refractivity contribution is 6.34. The third-order valence-electron chi connectivity index (χ3n) is 3.04. The maximum absolute atomic E-state index is 11.7. The lowest BCUT2D eigenvalue weighted by Crippen LogP contribution is -2.33. The van der Waals surface area contributed by atoms with Crippen molar-refractivity contribution in [2.45, 2.75) is 19.8 Å². The fraction of sp³-hybridized carbons (Fsp3) is 0.286. The van der Waals surface area contributed by atoms with Gasteiger partial charge in [0.1, 0.15) is 0 Å². The number of hydrazone groups is 1. The molecule has 0 heterocycles. The number of carbonyl (C=O) groups is 3. The van der Waals surface area contributed by atoms with Gasteiger partial charge in [-0.2, -0.15) is 5.10 Å². The maximum Gasteiger partial charge on any atom is 0.329 e. The summed E-state index contributed by atoms with van der Waals surface area (Å²) in [7, 11) is 0. The van der Waals surface area contributed by atoms with E-state index in [1.165, 1.54) is 0 Å². The van der Waals surface area contributed by atoms with Gasteiger partial charge in [0.2, 0.25) is 5.91 Å². The molecular weight excluding hydrogens is 272 g/mol. The summed E-state index contributed by atoms with van der Waals surface area (Å²) < 4.78 is 0. The Bertz CT molecular complexity index is 620. The summed E-state index contributed by atoms with van der Waals surface area (Å²) >= 11 is 0. The van der Waals surface area contributed by atoms with Crippen molar-refractivity contribution in [3.05, 3.63) is 29.8 Å². The van der Waals surface area contributed by atoms with Crippen LogP contribution in [0.1, 0.15) is 25.3 Å². The summed E-state index contributed by atoms with van der Waals surface area (Å²) in [5, 5.41) is 6.61. The van der Waals surface area contributed by atoms with E-state index in [-0.39, 0.29) is 11.8 Å². The van der Waals surface area contributed by atoms with E-state index in [4.69, 9.17) is 5.73 Å². The van der Waals surface area contributed by atoms with Crippen molar-refractivity contribution >= 4 is 29.1 Å². The van der Waals surface area contributed by atoms with Crippen molar-refractivity contribution in [1.29, 1.82) is 0 Å². The van der Waals surface area contributed by atoms with Gasteiger partial charge in [0.25, 0.3) is 0 Å². The van der Waals surface area contributed by atoms with E-state index in [9.17, 15) is 14.4 Å². The molecule has 0 bridgehead atoms. The third kappa shape index (κ3) is 4.13. The molecule has 0 spiro atoms. The van der Waals surface area contributed by atoms with Crippen molar-refractivity contribution in [2.24, 2.45) is 16.8 Å². The Balaban J connectivity index is 2.05. The van der Waals surface area contributed by atoms with Crippen LogP contribution in [-0.4, -0.2) is 23.4 Å². The van der Waals surface area contributed by atoms with E-state index in [2.05, 4.69) is 15.8 Å². The molecule has 4 N–H and O–H groups in total. The fourth-order valence-corrected chi connectivity index (χ4v) is 1.67. The molecule has 0 atom stereocenters. The molecule has 1 aliphatic carbocycles. The van der Waals surface area contributed by atoms with Crippen LogP contribution in [0, 0.1) is 5.92 Å². The van der Waals surface area contributed by atoms with E-state index in [1.54, 1.807) is 31.2 Å². The fourth-order valence-electron chi connectivity index (χ4n) is 1.67. The zero-order chi connectivity index (χ0) is 15.4. The van der Waals surface area contributed by atoms with Crippen LogP contribution in [-0.2, 0) is 14.4 Å². The molecule has 0 unspecified atom stereocenters. The highest BCUT2D eigenvalue weighted by Crippen LogP contribution is 2.30. The zero-order valence-corrected chi connectivity index (χ0v) is 11.6. The minimum atomic E-state index is -1.10. The number of rotatable bonds is 4. The Hall–Kier alpha value is -2.70. The van der Waals surface area contributed by atoms with Crippen LogP contribution in [0.15, 0.2) is 29.4 Å². The van der Waals surface area contributed by atoms with Gasteiger partial charge in [0, 0.05) is 11.6 Å². The summed E-state index contributed by atoms with van der Waals surface area (Å²) in [5.74, 6) is -1.94. The molecule has 110 valence electrons. The molecule has 0 radical (unpaired) electrons. The van der Waals surface area contributed by atoms with E-state index in [0.717, 1.165) is 12.8 Å². The summed E-state index contributed by atoms with van der Waals surface area (Å²) in [4.78, 5) is 33.3. The molecule has 1 fully saturated rings. The van der Waals surface area contributed by atoms with Gasteiger partial charge in [-0.15, -0.1) is 0 Å². The van der Waals surface area contributed by atoms with E-state index >= 15 is 0 Å². The normalized spacial score (nSPS) is 14.4. The van der Waals surface area contributed by atoms with Crippen molar-refractivity contribution in [2.75, 3.05) is 5.32 Å². The maximum atomic E-state index is 11.7. The monoisotopic (exact) mass is 288 g/mol. The largest absolute Gasteiger partial charge is 0.361 e. The lowest BCUT2D eigenvalue weighted by Gasteiger charge is -2.07. The van der Waals surface area contributed by atoms with Crippen molar-refractivity contribution in [3.8, 4) is 0 Å². The number of hydrogen-bond acceptors (Lipinski definition) is 4. The predicted octanol–water partition coefficient (Wildman–Crippen LogP) is 0.361. The second-order valence-electron chi connectivity index (χ2n) is 4.85. The minimum absolute atomic E-state index is 0.0174. The summed E-state index contributed by atoms with van der Waals surface area (Å²) in [6.07, 6.45) is 1.87. The Morgan fingerprint density at radius 1 is 1.29 bits per heavy atom. The molecule has 1 aromatic carbocycles. The number of hydrogen-bond donors (Lipinski definition) is 3. The third-order valence-corrected chi connectivity index (χ3v) is 3.04. The summed E-state index contributed by atoms with van der Waals surface area (Å²) in [5.41, 5.74) is 8.74. The van der Waals surface area contributed by atoms with Gasteiger partial charge >= 0.3 is 11.8 Å². The highest BCUT2D eigenvalue weighted by Gasteiger charge is 2.29. The Kier molecular flexibility index (Phi) is 4.32. The van der Waals surface area contributed by atoms with Gasteiger partial charge in [-0.25, -0.2) is 5.43 Å². The lowest BCUT2D eigenvalue weighted by atomic mass is 10.1. The molecule has 0 saturated heterocycles. The molecule has 0 aliphatic heterocycles. The standard InChI is InChI=1S/C14H16N4O3/c1-8(17-18-14(21)12(15)19)10-3-2-4-11(7-10)16-13(20)9-5-6-9/h2-4,7,9H,5-6H2,1H3,(H2,15,19)(H,16,20)(H,18,21)/b17-8+. The van der Waals surface area contributed by atoms with Gasteiger partial charge in [-0.3, -0.25) is 14.4 Å². The smallest absolute Gasteiger partial charge is 0.329 e. The van der Waals surface area contributed by atoms with Gasteiger partial charge in [0.15, 0.2) is 0 Å². The molecular formula is C14H16N4O3. The van der Waals surface area contributed by atoms with E-state index in [1.807, 2.05) is 0 Å². The molecule has 3 amide bonds. The number of amides is 3. The van der Waals surface area contributed by atoms with Crippen LogP contribution in [0.5, 0.6) is 0 Å². The number of primary amides is 1. The quantitative estimate of drug-likeness (QED) is 0.422.